The normalized spacial score (nSPS) is 23.0. The molecule has 1 aliphatic heterocycles. The molecule has 2 aliphatic rings. The highest BCUT2D eigenvalue weighted by molar-refractivity contribution is 6.09. The van der Waals surface area contributed by atoms with Crippen LogP contribution < -0.4 is 15.4 Å². The molecule has 1 saturated heterocycles. The third-order valence-electron chi connectivity index (χ3n) is 4.29. The van der Waals surface area contributed by atoms with Gasteiger partial charge in [-0.2, -0.15) is 13.2 Å². The first-order valence-corrected chi connectivity index (χ1v) is 7.84. The summed E-state index contributed by atoms with van der Waals surface area (Å²) < 4.78 is 45.8. The number of carbonyl (C=O) groups excluding carboxylic acids is 3. The maximum Gasteiger partial charge on any atom is 0.440 e. The molecule has 0 radical (unpaired) electrons. The van der Waals surface area contributed by atoms with E-state index in [1.54, 1.807) is 22.8 Å². The van der Waals surface area contributed by atoms with Gasteiger partial charge in [0.25, 0.3) is 11.6 Å². The Balaban J connectivity index is 1.85. The molecule has 1 aromatic rings. The van der Waals surface area contributed by atoms with E-state index < -0.39 is 35.6 Å². The van der Waals surface area contributed by atoms with E-state index in [0.717, 1.165) is 0 Å². The molecule has 1 saturated carbocycles. The molecule has 2 N–H and O–H groups in total. The summed E-state index contributed by atoms with van der Waals surface area (Å²) in [5.74, 6) is -2.50. The average molecular weight is 371 g/mol. The van der Waals surface area contributed by atoms with E-state index in [0.29, 0.717) is 29.1 Å². The minimum absolute atomic E-state index is 0.369. The number of methoxy groups -OCH3 is 1. The lowest BCUT2D eigenvalue weighted by atomic mass is 10.1. The number of nitrogens with one attached hydrogen (secondary N) is 2. The number of halogens is 3. The standard InChI is InChI=1S/C16H16F3N3O4/c1-26-11-6-2-9(3-7-11)8-22-13(24)15(16(17,18)19,21-14(22)25)20-12(23)10-4-5-10/h2-3,6-7,10H,4-5,8H2,1H3,(H,20,23)(H,21,25)/t15-/m0/s1. The number of hydrogen-bond donors (Lipinski definition) is 2. The SMILES string of the molecule is COc1ccc(CN2C(=O)N[C@](NC(=O)C3CC3)(C(F)(F)F)C2=O)cc1. The lowest BCUT2D eigenvalue weighted by Crippen LogP contribution is -2.69. The fourth-order valence-electron chi connectivity index (χ4n) is 2.61. The Bertz CT molecular complexity index is 746. The molecule has 7 nitrogen and oxygen atoms in total. The lowest BCUT2D eigenvalue weighted by Gasteiger charge is -2.29. The number of hydrogen-bond acceptors (Lipinski definition) is 4. The Labute approximate surface area is 146 Å². The van der Waals surface area contributed by atoms with Crippen molar-refractivity contribution in [2.24, 2.45) is 5.92 Å². The van der Waals surface area contributed by atoms with Crippen molar-refractivity contribution in [2.75, 3.05) is 7.11 Å². The molecule has 2 fully saturated rings. The monoisotopic (exact) mass is 371 g/mol. The number of alkyl halides is 3. The largest absolute Gasteiger partial charge is 0.497 e. The van der Waals surface area contributed by atoms with E-state index in [2.05, 4.69) is 0 Å². The molecule has 0 unspecified atom stereocenters. The zero-order valence-corrected chi connectivity index (χ0v) is 13.7. The summed E-state index contributed by atoms with van der Waals surface area (Å²) >= 11 is 0. The maximum absolute atomic E-state index is 13.6. The van der Waals surface area contributed by atoms with E-state index in [1.807, 2.05) is 0 Å². The highest BCUT2D eigenvalue weighted by atomic mass is 19.4. The van der Waals surface area contributed by atoms with Gasteiger partial charge >= 0.3 is 12.2 Å². The summed E-state index contributed by atoms with van der Waals surface area (Å²) in [6.07, 6.45) is -4.27. The molecule has 140 valence electrons. The van der Waals surface area contributed by atoms with Crippen molar-refractivity contribution in [1.29, 1.82) is 0 Å². The molecule has 4 amide bonds. The Kier molecular flexibility index (Phi) is 4.29. The van der Waals surface area contributed by atoms with Gasteiger partial charge in [0, 0.05) is 5.92 Å². The van der Waals surface area contributed by atoms with Crippen LogP contribution in [-0.4, -0.2) is 41.7 Å². The van der Waals surface area contributed by atoms with Crippen LogP contribution >= 0.6 is 0 Å². The van der Waals surface area contributed by atoms with Crippen LogP contribution in [-0.2, 0) is 16.1 Å². The van der Waals surface area contributed by atoms with Gasteiger partial charge in [0.1, 0.15) is 5.75 Å². The molecule has 0 spiro atoms. The Hall–Kier alpha value is -2.78. The fourth-order valence-corrected chi connectivity index (χ4v) is 2.61. The zero-order valence-electron chi connectivity index (χ0n) is 13.7. The minimum Gasteiger partial charge on any atom is -0.497 e. The van der Waals surface area contributed by atoms with Gasteiger partial charge in [-0.15, -0.1) is 0 Å². The van der Waals surface area contributed by atoms with E-state index in [9.17, 15) is 27.6 Å². The molecule has 10 heteroatoms. The zero-order chi connectivity index (χ0) is 19.1. The second-order valence-corrected chi connectivity index (χ2v) is 6.18. The third-order valence-corrected chi connectivity index (χ3v) is 4.29. The van der Waals surface area contributed by atoms with Crippen molar-refractivity contribution in [2.45, 2.75) is 31.2 Å². The van der Waals surface area contributed by atoms with Crippen LogP contribution in [0.2, 0.25) is 0 Å². The number of benzene rings is 1. The maximum atomic E-state index is 13.6. The number of carbonyl (C=O) groups is 3. The molecule has 1 heterocycles. The van der Waals surface area contributed by atoms with Gasteiger partial charge in [-0.1, -0.05) is 12.1 Å². The van der Waals surface area contributed by atoms with Crippen molar-refractivity contribution in [3.8, 4) is 5.75 Å². The van der Waals surface area contributed by atoms with Gasteiger partial charge in [0.2, 0.25) is 5.91 Å². The van der Waals surface area contributed by atoms with E-state index in [1.165, 1.54) is 19.2 Å². The molecule has 0 aromatic heterocycles. The Morgan fingerprint density at radius 3 is 2.42 bits per heavy atom. The van der Waals surface area contributed by atoms with Gasteiger partial charge in [-0.05, 0) is 30.5 Å². The van der Waals surface area contributed by atoms with Crippen molar-refractivity contribution in [3.05, 3.63) is 29.8 Å². The first-order valence-electron chi connectivity index (χ1n) is 7.84. The number of ether oxygens (including phenoxy) is 1. The van der Waals surface area contributed by atoms with Crippen molar-refractivity contribution in [1.82, 2.24) is 15.5 Å². The summed E-state index contributed by atoms with van der Waals surface area (Å²) in [7, 11) is 1.45. The minimum atomic E-state index is -5.18. The quantitative estimate of drug-likeness (QED) is 0.769. The van der Waals surface area contributed by atoms with Crippen LogP contribution in [0.3, 0.4) is 0 Å². The van der Waals surface area contributed by atoms with Crippen LogP contribution in [0.1, 0.15) is 18.4 Å². The van der Waals surface area contributed by atoms with Crippen LogP contribution in [0, 0.1) is 5.92 Å². The van der Waals surface area contributed by atoms with Gasteiger partial charge in [0.05, 0.1) is 13.7 Å². The summed E-state index contributed by atoms with van der Waals surface area (Å²) in [5, 5.41) is 3.32. The topological polar surface area (TPSA) is 87.7 Å². The third kappa shape index (κ3) is 3.06. The van der Waals surface area contributed by atoms with Crippen LogP contribution in [0.4, 0.5) is 18.0 Å². The van der Waals surface area contributed by atoms with Gasteiger partial charge < -0.3 is 10.1 Å². The molecular formula is C16H16F3N3O4. The van der Waals surface area contributed by atoms with Crippen molar-refractivity contribution < 1.29 is 32.3 Å². The van der Waals surface area contributed by atoms with Gasteiger partial charge in [0.15, 0.2) is 0 Å². The highest BCUT2D eigenvalue weighted by Gasteiger charge is 2.69. The predicted molar refractivity (Wildman–Crippen MR) is 81.7 cm³/mol. The Morgan fingerprint density at radius 1 is 1.31 bits per heavy atom. The number of nitrogens with zero attached hydrogens (tertiary/aromatic N) is 1. The summed E-state index contributed by atoms with van der Waals surface area (Å²) in [4.78, 5) is 36.8. The molecule has 26 heavy (non-hydrogen) atoms. The van der Waals surface area contributed by atoms with Crippen LogP contribution in [0.5, 0.6) is 5.75 Å². The fraction of sp³-hybridized carbons (Fsp3) is 0.438. The molecule has 0 bridgehead atoms. The van der Waals surface area contributed by atoms with Crippen molar-refractivity contribution >= 4 is 17.8 Å². The Morgan fingerprint density at radius 2 is 1.92 bits per heavy atom. The molecule has 1 atom stereocenters. The van der Waals surface area contributed by atoms with E-state index in [-0.39, 0.29) is 6.54 Å². The van der Waals surface area contributed by atoms with Gasteiger partial charge in [-0.25, -0.2) is 4.79 Å². The van der Waals surface area contributed by atoms with Gasteiger partial charge in [-0.3, -0.25) is 19.8 Å². The summed E-state index contributed by atoms with van der Waals surface area (Å²) in [6.45, 7) is -0.369. The summed E-state index contributed by atoms with van der Waals surface area (Å²) in [5.41, 5.74) is -3.00. The first kappa shape index (κ1) is 18.0. The molecule has 3 rings (SSSR count). The van der Waals surface area contributed by atoms with E-state index in [4.69, 9.17) is 4.74 Å². The average Bonchev–Trinajstić information content (AvgIpc) is 3.39. The first-order chi connectivity index (χ1) is 12.2. The molecule has 1 aliphatic carbocycles. The summed E-state index contributed by atoms with van der Waals surface area (Å²) in [6, 6.07) is 4.93. The van der Waals surface area contributed by atoms with Crippen molar-refractivity contribution in [3.63, 3.8) is 0 Å². The lowest BCUT2D eigenvalue weighted by molar-refractivity contribution is -0.204. The second kappa shape index (κ2) is 6.19. The number of imide groups is 1. The second-order valence-electron chi connectivity index (χ2n) is 6.18. The number of urea groups is 1. The van der Waals surface area contributed by atoms with E-state index >= 15 is 0 Å². The van der Waals surface area contributed by atoms with Crippen LogP contribution in [0.25, 0.3) is 0 Å². The van der Waals surface area contributed by atoms with Crippen LogP contribution in [0.15, 0.2) is 24.3 Å². The molecular weight excluding hydrogens is 355 g/mol. The number of rotatable bonds is 5. The number of amides is 4. The molecule has 1 aromatic carbocycles. The smallest absolute Gasteiger partial charge is 0.440 e. The predicted octanol–water partition coefficient (Wildman–Crippen LogP) is 1.53. The highest BCUT2D eigenvalue weighted by Crippen LogP contribution is 2.36.